The number of rotatable bonds is 3. The Hall–Kier alpha value is -0.280. The Balaban J connectivity index is 2.45. The van der Waals surface area contributed by atoms with Crippen LogP contribution in [0.5, 0.6) is 0 Å². The van der Waals surface area contributed by atoms with Gasteiger partial charge in [0.2, 0.25) is 0 Å². The first-order chi connectivity index (χ1) is 5.88. The van der Waals surface area contributed by atoms with Crippen LogP contribution in [0, 0.1) is 0 Å². The number of aliphatic imine (C=N–C) groups is 1. The molecule has 0 spiro atoms. The lowest BCUT2D eigenvalue weighted by Gasteiger charge is -2.30. The summed E-state index contributed by atoms with van der Waals surface area (Å²) in [4.78, 5) is 6.38. The lowest BCUT2D eigenvalue weighted by Crippen LogP contribution is -2.42. The molecule has 3 nitrogen and oxygen atoms in total. The minimum absolute atomic E-state index is 0.214. The Labute approximate surface area is 78.4 Å². The van der Waals surface area contributed by atoms with Crippen LogP contribution in [0.25, 0.3) is 0 Å². The molecule has 0 aromatic carbocycles. The van der Waals surface area contributed by atoms with Crippen LogP contribution < -0.4 is 0 Å². The van der Waals surface area contributed by atoms with E-state index in [0.717, 1.165) is 32.7 Å². The number of morpholine rings is 1. The fraction of sp³-hybridized carbons (Fsp3) is 0.875. The fourth-order valence-electron chi connectivity index (χ4n) is 1.37. The minimum atomic E-state index is 0.214. The summed E-state index contributed by atoms with van der Waals surface area (Å²) in [5.74, 6) is 0. The molecule has 1 unspecified atom stereocenters. The van der Waals surface area contributed by atoms with Gasteiger partial charge in [-0.1, -0.05) is 6.92 Å². The molecule has 0 aromatic heterocycles. The molecule has 0 bridgehead atoms. The summed E-state index contributed by atoms with van der Waals surface area (Å²) >= 11 is 4.59. The smallest absolute Gasteiger partial charge is 0.112 e. The zero-order valence-corrected chi connectivity index (χ0v) is 8.14. The van der Waals surface area contributed by atoms with Gasteiger partial charge in [0.15, 0.2) is 0 Å². The Morgan fingerprint density at radius 3 is 2.75 bits per heavy atom. The van der Waals surface area contributed by atoms with Crippen molar-refractivity contribution < 1.29 is 4.74 Å². The monoisotopic (exact) mass is 186 g/mol. The molecule has 1 aliphatic heterocycles. The van der Waals surface area contributed by atoms with Crippen LogP contribution in [0.4, 0.5) is 0 Å². The quantitative estimate of drug-likeness (QED) is 0.488. The third-order valence-electron chi connectivity index (χ3n) is 2.03. The minimum Gasteiger partial charge on any atom is -0.379 e. The fourth-order valence-corrected chi connectivity index (χ4v) is 1.49. The molecule has 1 rings (SSSR count). The molecule has 1 fully saturated rings. The standard InChI is InChI=1S/C8H14N2OS/c1-2-8(9-7-12)10-3-5-11-6-4-10/h8H,2-6H2,1H3. The number of hydrogen-bond acceptors (Lipinski definition) is 4. The third kappa shape index (κ3) is 2.64. The summed E-state index contributed by atoms with van der Waals surface area (Å²) in [6.07, 6.45) is 1.20. The summed E-state index contributed by atoms with van der Waals surface area (Å²) in [5.41, 5.74) is 0. The highest BCUT2D eigenvalue weighted by Crippen LogP contribution is 2.07. The van der Waals surface area contributed by atoms with E-state index in [2.05, 4.69) is 34.2 Å². The molecule has 68 valence electrons. The van der Waals surface area contributed by atoms with Crippen LogP contribution in [-0.2, 0) is 4.74 Å². The number of thiocarbonyl (C=S) groups is 1. The summed E-state index contributed by atoms with van der Waals surface area (Å²) in [7, 11) is 0. The maximum atomic E-state index is 5.24. The van der Waals surface area contributed by atoms with Crippen molar-refractivity contribution in [2.24, 2.45) is 4.99 Å². The van der Waals surface area contributed by atoms with E-state index in [1.165, 1.54) is 0 Å². The molecule has 4 heteroatoms. The molecule has 0 radical (unpaired) electrons. The predicted molar refractivity (Wildman–Crippen MR) is 51.5 cm³/mol. The van der Waals surface area contributed by atoms with Gasteiger partial charge >= 0.3 is 0 Å². The molecule has 1 atom stereocenters. The first kappa shape index (κ1) is 9.81. The van der Waals surface area contributed by atoms with Gasteiger partial charge < -0.3 is 4.74 Å². The molecule has 0 aliphatic carbocycles. The van der Waals surface area contributed by atoms with E-state index >= 15 is 0 Å². The molecule has 12 heavy (non-hydrogen) atoms. The molecule has 0 amide bonds. The molecule has 1 aliphatic rings. The summed E-state index contributed by atoms with van der Waals surface area (Å²) in [5, 5.41) is 2.44. The van der Waals surface area contributed by atoms with Gasteiger partial charge in [-0.25, -0.2) is 4.99 Å². The Kier molecular flexibility index (Phi) is 4.40. The summed E-state index contributed by atoms with van der Waals surface area (Å²) in [6.45, 7) is 5.64. The van der Waals surface area contributed by atoms with Gasteiger partial charge in [-0.05, 0) is 18.6 Å². The zero-order valence-electron chi connectivity index (χ0n) is 7.32. The second-order valence-corrected chi connectivity index (χ2v) is 2.94. The lowest BCUT2D eigenvalue weighted by atomic mass is 10.3. The largest absolute Gasteiger partial charge is 0.379 e. The second kappa shape index (κ2) is 5.38. The number of nitrogens with zero attached hydrogens (tertiary/aromatic N) is 2. The highest BCUT2D eigenvalue weighted by Gasteiger charge is 2.17. The number of ether oxygens (including phenoxy) is 1. The van der Waals surface area contributed by atoms with Crippen molar-refractivity contribution in [1.29, 1.82) is 0 Å². The maximum absolute atomic E-state index is 5.24. The Morgan fingerprint density at radius 2 is 2.25 bits per heavy atom. The van der Waals surface area contributed by atoms with Crippen LogP contribution in [0.1, 0.15) is 13.3 Å². The van der Waals surface area contributed by atoms with Crippen molar-refractivity contribution in [3.63, 3.8) is 0 Å². The van der Waals surface area contributed by atoms with E-state index in [1.807, 2.05) is 0 Å². The van der Waals surface area contributed by atoms with E-state index in [4.69, 9.17) is 4.74 Å². The van der Waals surface area contributed by atoms with E-state index in [-0.39, 0.29) is 6.17 Å². The molecule has 1 heterocycles. The third-order valence-corrected chi connectivity index (χ3v) is 2.14. The second-order valence-electron chi connectivity index (χ2n) is 2.76. The first-order valence-corrected chi connectivity index (χ1v) is 4.68. The SMILES string of the molecule is CCC(N=C=S)N1CCOCC1. The summed E-state index contributed by atoms with van der Waals surface area (Å²) < 4.78 is 5.24. The van der Waals surface area contributed by atoms with E-state index in [0.29, 0.717) is 0 Å². The highest BCUT2D eigenvalue weighted by atomic mass is 32.1. The van der Waals surface area contributed by atoms with Gasteiger partial charge in [0, 0.05) is 13.1 Å². The van der Waals surface area contributed by atoms with Crippen molar-refractivity contribution >= 4 is 17.4 Å². The molecular formula is C8H14N2OS. The van der Waals surface area contributed by atoms with Gasteiger partial charge in [0.1, 0.15) is 6.17 Å². The van der Waals surface area contributed by atoms with Crippen molar-refractivity contribution in [2.75, 3.05) is 26.3 Å². The van der Waals surface area contributed by atoms with Gasteiger partial charge in [0.05, 0.1) is 18.4 Å². The molecular weight excluding hydrogens is 172 g/mol. The number of hydrogen-bond donors (Lipinski definition) is 0. The van der Waals surface area contributed by atoms with Crippen LogP contribution >= 0.6 is 12.2 Å². The van der Waals surface area contributed by atoms with Crippen LogP contribution in [-0.4, -0.2) is 42.5 Å². The van der Waals surface area contributed by atoms with Gasteiger partial charge in [-0.3, -0.25) is 4.90 Å². The van der Waals surface area contributed by atoms with Crippen molar-refractivity contribution in [3.8, 4) is 0 Å². The van der Waals surface area contributed by atoms with Crippen LogP contribution in [0.3, 0.4) is 0 Å². The Morgan fingerprint density at radius 1 is 1.58 bits per heavy atom. The van der Waals surface area contributed by atoms with Crippen LogP contribution in [0.15, 0.2) is 4.99 Å². The average Bonchev–Trinajstić information content (AvgIpc) is 2.15. The van der Waals surface area contributed by atoms with Crippen molar-refractivity contribution in [1.82, 2.24) is 4.90 Å². The molecule has 0 aromatic rings. The van der Waals surface area contributed by atoms with Crippen molar-refractivity contribution in [2.45, 2.75) is 19.5 Å². The van der Waals surface area contributed by atoms with Gasteiger partial charge in [-0.15, -0.1) is 0 Å². The summed E-state index contributed by atoms with van der Waals surface area (Å²) in [6, 6.07) is 0. The van der Waals surface area contributed by atoms with Crippen molar-refractivity contribution in [3.05, 3.63) is 0 Å². The first-order valence-electron chi connectivity index (χ1n) is 4.27. The van der Waals surface area contributed by atoms with E-state index in [9.17, 15) is 0 Å². The normalized spacial score (nSPS) is 21.4. The predicted octanol–water partition coefficient (Wildman–Crippen LogP) is 1.16. The van der Waals surface area contributed by atoms with E-state index in [1.54, 1.807) is 0 Å². The average molecular weight is 186 g/mol. The molecule has 0 saturated carbocycles. The van der Waals surface area contributed by atoms with Gasteiger partial charge in [-0.2, -0.15) is 0 Å². The van der Waals surface area contributed by atoms with E-state index < -0.39 is 0 Å². The maximum Gasteiger partial charge on any atom is 0.112 e. The topological polar surface area (TPSA) is 24.8 Å². The highest BCUT2D eigenvalue weighted by molar-refractivity contribution is 7.78. The van der Waals surface area contributed by atoms with Crippen LogP contribution in [0.2, 0.25) is 0 Å². The molecule has 0 N–H and O–H groups in total. The molecule has 1 saturated heterocycles. The zero-order chi connectivity index (χ0) is 8.81. The lowest BCUT2D eigenvalue weighted by molar-refractivity contribution is 0.0178. The Bertz CT molecular complexity index is 174. The van der Waals surface area contributed by atoms with Gasteiger partial charge in [0.25, 0.3) is 0 Å². The number of isothiocyanates is 1.